The quantitative estimate of drug-likeness (QED) is 0.693. The molecule has 0 atom stereocenters. The third kappa shape index (κ3) is 3.56. The van der Waals surface area contributed by atoms with Crippen LogP contribution in [0.1, 0.15) is 38.5 Å². The first-order valence-corrected chi connectivity index (χ1v) is 6.22. The maximum atomic E-state index is 10.4. The summed E-state index contributed by atoms with van der Waals surface area (Å²) in [5.74, 6) is 1.02. The molecule has 5 heteroatoms. The van der Waals surface area contributed by atoms with Gasteiger partial charge in [-0.15, -0.1) is 0 Å². The molecule has 17 heavy (non-hydrogen) atoms. The predicted molar refractivity (Wildman–Crippen MR) is 67.6 cm³/mol. The van der Waals surface area contributed by atoms with E-state index < -0.39 is 5.60 Å². The van der Waals surface area contributed by atoms with Crippen LogP contribution in [0.4, 0.5) is 11.6 Å². The van der Waals surface area contributed by atoms with Gasteiger partial charge in [0.25, 0.3) is 0 Å². The van der Waals surface area contributed by atoms with E-state index in [1.807, 2.05) is 0 Å². The molecule has 0 amide bonds. The van der Waals surface area contributed by atoms with Gasteiger partial charge in [0.15, 0.2) is 0 Å². The maximum absolute atomic E-state index is 10.4. The topological polar surface area (TPSA) is 84.1 Å². The lowest BCUT2D eigenvalue weighted by Crippen LogP contribution is -2.36. The van der Waals surface area contributed by atoms with Crippen molar-refractivity contribution in [2.45, 2.75) is 44.1 Å². The van der Waals surface area contributed by atoms with Gasteiger partial charge in [-0.05, 0) is 12.8 Å². The second kappa shape index (κ2) is 5.31. The molecule has 1 aliphatic carbocycles. The number of nitrogens with two attached hydrogens (primary N) is 1. The van der Waals surface area contributed by atoms with Crippen LogP contribution in [0.3, 0.4) is 0 Å². The Morgan fingerprint density at radius 1 is 1.24 bits per heavy atom. The van der Waals surface area contributed by atoms with Crippen LogP contribution in [0, 0.1) is 0 Å². The molecule has 4 N–H and O–H groups in total. The zero-order valence-electron chi connectivity index (χ0n) is 10.0. The monoisotopic (exact) mass is 236 g/mol. The first-order valence-electron chi connectivity index (χ1n) is 6.22. The first kappa shape index (κ1) is 12.1. The third-order valence-electron chi connectivity index (χ3n) is 3.29. The van der Waals surface area contributed by atoms with Crippen molar-refractivity contribution < 1.29 is 5.11 Å². The molecule has 0 radical (unpaired) electrons. The zero-order valence-corrected chi connectivity index (χ0v) is 10.0. The number of nitrogens with one attached hydrogen (secondary N) is 1. The maximum Gasteiger partial charge on any atom is 0.147 e. The van der Waals surface area contributed by atoms with Gasteiger partial charge >= 0.3 is 0 Å². The van der Waals surface area contributed by atoms with E-state index in [1.54, 1.807) is 6.20 Å². The highest BCUT2D eigenvalue weighted by Gasteiger charge is 2.27. The summed E-state index contributed by atoms with van der Waals surface area (Å²) in [5.41, 5.74) is 4.94. The molecule has 5 nitrogen and oxygen atoms in total. The second-order valence-electron chi connectivity index (χ2n) is 4.82. The van der Waals surface area contributed by atoms with E-state index in [0.29, 0.717) is 18.2 Å². The van der Waals surface area contributed by atoms with Crippen LogP contribution in [-0.4, -0.2) is 27.2 Å². The number of nitrogens with zero attached hydrogens (tertiary/aromatic N) is 2. The fourth-order valence-corrected chi connectivity index (χ4v) is 2.28. The summed E-state index contributed by atoms with van der Waals surface area (Å²) in [6.45, 7) is 0.519. The fraction of sp³-hybridized carbons (Fsp3) is 0.667. The minimum Gasteiger partial charge on any atom is -0.388 e. The van der Waals surface area contributed by atoms with Crippen molar-refractivity contribution in [3.63, 3.8) is 0 Å². The lowest BCUT2D eigenvalue weighted by atomic mass is 9.94. The van der Waals surface area contributed by atoms with Gasteiger partial charge < -0.3 is 16.2 Å². The Labute approximate surface area is 101 Å². The van der Waals surface area contributed by atoms with Crippen molar-refractivity contribution in [1.82, 2.24) is 9.97 Å². The molecule has 1 fully saturated rings. The van der Waals surface area contributed by atoms with E-state index in [2.05, 4.69) is 15.3 Å². The Morgan fingerprint density at radius 2 is 1.94 bits per heavy atom. The number of nitrogen functional groups attached to an aromatic ring is 1. The Hall–Kier alpha value is -1.36. The van der Waals surface area contributed by atoms with E-state index in [1.165, 1.54) is 19.0 Å². The molecule has 0 saturated heterocycles. The summed E-state index contributed by atoms with van der Waals surface area (Å²) in [6, 6.07) is 0. The number of hydrogen-bond donors (Lipinski definition) is 3. The Kier molecular flexibility index (Phi) is 3.78. The van der Waals surface area contributed by atoms with E-state index >= 15 is 0 Å². The van der Waals surface area contributed by atoms with Gasteiger partial charge in [0, 0.05) is 6.54 Å². The average molecular weight is 236 g/mol. The normalized spacial score (nSPS) is 19.6. The summed E-state index contributed by atoms with van der Waals surface area (Å²) < 4.78 is 0. The van der Waals surface area contributed by atoms with Crippen LogP contribution in [-0.2, 0) is 0 Å². The van der Waals surface area contributed by atoms with Gasteiger partial charge in [-0.3, -0.25) is 4.98 Å². The summed E-state index contributed by atoms with van der Waals surface area (Å²) in [5, 5.41) is 13.6. The number of anilines is 2. The summed E-state index contributed by atoms with van der Waals surface area (Å²) >= 11 is 0. The minimum atomic E-state index is -0.608. The van der Waals surface area contributed by atoms with Crippen molar-refractivity contribution in [1.29, 1.82) is 0 Å². The SMILES string of the molecule is Nc1cncc(NCC2(O)CCCCCC2)n1. The highest BCUT2D eigenvalue weighted by molar-refractivity contribution is 5.38. The largest absolute Gasteiger partial charge is 0.388 e. The molecule has 2 rings (SSSR count). The molecule has 0 unspecified atom stereocenters. The minimum absolute atomic E-state index is 0.392. The lowest BCUT2D eigenvalue weighted by molar-refractivity contribution is 0.0380. The Morgan fingerprint density at radius 3 is 2.59 bits per heavy atom. The van der Waals surface area contributed by atoms with Crippen LogP contribution in [0.2, 0.25) is 0 Å². The molecule has 0 bridgehead atoms. The third-order valence-corrected chi connectivity index (χ3v) is 3.29. The Balaban J connectivity index is 1.92. The molecule has 1 aromatic heterocycles. The molecule has 1 aliphatic rings. The van der Waals surface area contributed by atoms with Crippen LogP contribution in [0.5, 0.6) is 0 Å². The van der Waals surface area contributed by atoms with Crippen molar-refractivity contribution in [2.24, 2.45) is 0 Å². The zero-order chi connectivity index (χ0) is 12.1. The smallest absolute Gasteiger partial charge is 0.147 e. The second-order valence-corrected chi connectivity index (χ2v) is 4.82. The van der Waals surface area contributed by atoms with Gasteiger partial charge in [0.05, 0.1) is 18.0 Å². The molecule has 0 aliphatic heterocycles. The van der Waals surface area contributed by atoms with Crippen LogP contribution in [0.15, 0.2) is 12.4 Å². The first-order chi connectivity index (χ1) is 8.18. The molecular weight excluding hydrogens is 216 g/mol. The molecule has 94 valence electrons. The molecule has 1 heterocycles. The van der Waals surface area contributed by atoms with Gasteiger partial charge in [0.1, 0.15) is 11.6 Å². The molecule has 1 saturated carbocycles. The highest BCUT2D eigenvalue weighted by atomic mass is 16.3. The number of aromatic nitrogens is 2. The van der Waals surface area contributed by atoms with Crippen molar-refractivity contribution in [3.8, 4) is 0 Å². The van der Waals surface area contributed by atoms with E-state index in [0.717, 1.165) is 25.7 Å². The standard InChI is InChI=1S/C12H20N4O/c13-10-7-14-8-11(16-10)15-9-12(17)5-3-1-2-4-6-12/h7-8,17H,1-6,9H2,(H3,13,15,16). The number of rotatable bonds is 3. The lowest BCUT2D eigenvalue weighted by Gasteiger charge is -2.26. The number of aliphatic hydroxyl groups is 1. The predicted octanol–water partition coefficient (Wildman–Crippen LogP) is 1.56. The van der Waals surface area contributed by atoms with Crippen LogP contribution in [0.25, 0.3) is 0 Å². The van der Waals surface area contributed by atoms with E-state index in [9.17, 15) is 5.11 Å². The van der Waals surface area contributed by atoms with Gasteiger partial charge in [-0.25, -0.2) is 4.98 Å². The van der Waals surface area contributed by atoms with Gasteiger partial charge in [-0.2, -0.15) is 0 Å². The fourth-order valence-electron chi connectivity index (χ4n) is 2.28. The average Bonchev–Trinajstić information content (AvgIpc) is 2.53. The van der Waals surface area contributed by atoms with E-state index in [4.69, 9.17) is 5.73 Å². The van der Waals surface area contributed by atoms with Gasteiger partial charge in [-0.1, -0.05) is 25.7 Å². The van der Waals surface area contributed by atoms with Crippen LogP contribution >= 0.6 is 0 Å². The van der Waals surface area contributed by atoms with Gasteiger partial charge in [0.2, 0.25) is 0 Å². The molecular formula is C12H20N4O. The molecule has 1 aromatic rings. The Bertz CT molecular complexity index is 361. The summed E-state index contributed by atoms with van der Waals surface area (Å²) in [6.07, 6.45) is 9.48. The van der Waals surface area contributed by atoms with Crippen molar-refractivity contribution in [3.05, 3.63) is 12.4 Å². The summed E-state index contributed by atoms with van der Waals surface area (Å²) in [7, 11) is 0. The molecule has 0 spiro atoms. The molecule has 0 aromatic carbocycles. The van der Waals surface area contributed by atoms with Crippen molar-refractivity contribution >= 4 is 11.6 Å². The van der Waals surface area contributed by atoms with Crippen LogP contribution < -0.4 is 11.1 Å². The summed E-state index contributed by atoms with van der Waals surface area (Å²) in [4.78, 5) is 8.06. The highest BCUT2D eigenvalue weighted by Crippen LogP contribution is 2.27. The van der Waals surface area contributed by atoms with E-state index in [-0.39, 0.29) is 0 Å². The van der Waals surface area contributed by atoms with Crippen molar-refractivity contribution in [2.75, 3.05) is 17.6 Å². The number of hydrogen-bond acceptors (Lipinski definition) is 5.